The van der Waals surface area contributed by atoms with Crippen LogP contribution >= 0.6 is 0 Å². The molecule has 2 amide bonds. The number of carboxylic acids is 1. The van der Waals surface area contributed by atoms with Crippen molar-refractivity contribution < 1.29 is 14.7 Å². The largest absolute Gasteiger partial charge is 0.480 e. The molecule has 1 aliphatic carbocycles. The maximum atomic E-state index is 11.9. The van der Waals surface area contributed by atoms with Crippen molar-refractivity contribution in [1.82, 2.24) is 10.2 Å². The van der Waals surface area contributed by atoms with Gasteiger partial charge in [-0.1, -0.05) is 30.3 Å². The highest BCUT2D eigenvalue weighted by molar-refractivity contribution is 5.80. The highest BCUT2D eigenvalue weighted by Crippen LogP contribution is 2.26. The molecule has 1 saturated carbocycles. The molecule has 1 aromatic rings. The molecule has 2 rings (SSSR count). The topological polar surface area (TPSA) is 69.6 Å². The van der Waals surface area contributed by atoms with Gasteiger partial charge >= 0.3 is 12.0 Å². The number of hydrogen-bond donors (Lipinski definition) is 2. The number of rotatable bonds is 5. The van der Waals surface area contributed by atoms with Gasteiger partial charge in [-0.3, -0.25) is 4.79 Å². The van der Waals surface area contributed by atoms with E-state index >= 15 is 0 Å². The van der Waals surface area contributed by atoms with Crippen LogP contribution in [0.1, 0.15) is 18.4 Å². The van der Waals surface area contributed by atoms with Gasteiger partial charge < -0.3 is 15.3 Å². The average Bonchev–Trinajstić information content (AvgIpc) is 3.18. The molecule has 0 atom stereocenters. The third-order valence-corrected chi connectivity index (χ3v) is 2.84. The molecule has 5 heteroatoms. The Hall–Kier alpha value is -2.04. The molecule has 96 valence electrons. The summed E-state index contributed by atoms with van der Waals surface area (Å²) in [6, 6.07) is 9.33. The van der Waals surface area contributed by atoms with E-state index in [1.807, 2.05) is 30.3 Å². The molecular weight excluding hydrogens is 232 g/mol. The van der Waals surface area contributed by atoms with Crippen molar-refractivity contribution in [1.29, 1.82) is 0 Å². The van der Waals surface area contributed by atoms with Crippen molar-refractivity contribution in [2.24, 2.45) is 0 Å². The molecule has 0 radical (unpaired) electrons. The molecule has 1 aromatic carbocycles. The van der Waals surface area contributed by atoms with Gasteiger partial charge in [0.05, 0.1) is 0 Å². The smallest absolute Gasteiger partial charge is 0.323 e. The predicted molar refractivity (Wildman–Crippen MR) is 66.0 cm³/mol. The van der Waals surface area contributed by atoms with Crippen molar-refractivity contribution >= 4 is 12.0 Å². The summed E-state index contributed by atoms with van der Waals surface area (Å²) in [5.41, 5.74) is 0.997. The van der Waals surface area contributed by atoms with Crippen LogP contribution in [0.4, 0.5) is 4.79 Å². The summed E-state index contributed by atoms with van der Waals surface area (Å²) in [7, 11) is 0. The van der Waals surface area contributed by atoms with E-state index in [0.717, 1.165) is 18.4 Å². The fourth-order valence-corrected chi connectivity index (χ4v) is 1.77. The quantitative estimate of drug-likeness (QED) is 0.828. The van der Waals surface area contributed by atoms with Crippen LogP contribution in [0, 0.1) is 0 Å². The van der Waals surface area contributed by atoms with Gasteiger partial charge in [-0.25, -0.2) is 4.79 Å². The number of nitrogens with zero attached hydrogens (tertiary/aromatic N) is 1. The van der Waals surface area contributed by atoms with E-state index in [4.69, 9.17) is 5.11 Å². The highest BCUT2D eigenvalue weighted by atomic mass is 16.4. The summed E-state index contributed by atoms with van der Waals surface area (Å²) in [6.45, 7) is 0.188. The standard InChI is InChI=1S/C13H16N2O3/c16-12(17)9-15(11-6-7-11)13(18)14-8-10-4-2-1-3-5-10/h1-5,11H,6-9H2,(H,14,18)(H,16,17). The number of urea groups is 1. The Labute approximate surface area is 105 Å². The molecule has 1 fully saturated rings. The van der Waals surface area contributed by atoms with Gasteiger partial charge in [0.2, 0.25) is 0 Å². The van der Waals surface area contributed by atoms with Crippen LogP contribution in [0.3, 0.4) is 0 Å². The van der Waals surface area contributed by atoms with Crippen molar-refractivity contribution in [3.63, 3.8) is 0 Å². The van der Waals surface area contributed by atoms with Crippen LogP contribution in [-0.4, -0.2) is 34.6 Å². The van der Waals surface area contributed by atoms with Crippen molar-refractivity contribution in [2.75, 3.05) is 6.54 Å². The summed E-state index contributed by atoms with van der Waals surface area (Å²) < 4.78 is 0. The van der Waals surface area contributed by atoms with E-state index in [2.05, 4.69) is 5.32 Å². The lowest BCUT2D eigenvalue weighted by Crippen LogP contribution is -2.43. The summed E-state index contributed by atoms with van der Waals surface area (Å²) in [5.74, 6) is -0.975. The number of hydrogen-bond acceptors (Lipinski definition) is 2. The number of benzene rings is 1. The zero-order valence-electron chi connectivity index (χ0n) is 10.0. The first-order chi connectivity index (χ1) is 8.66. The Morgan fingerprint density at radius 1 is 1.28 bits per heavy atom. The number of carbonyl (C=O) groups excluding carboxylic acids is 1. The molecular formula is C13H16N2O3. The number of aliphatic carboxylic acids is 1. The molecule has 1 aliphatic rings. The third kappa shape index (κ3) is 3.48. The Morgan fingerprint density at radius 3 is 2.50 bits per heavy atom. The molecule has 0 bridgehead atoms. The lowest BCUT2D eigenvalue weighted by molar-refractivity contribution is -0.137. The Kier molecular flexibility index (Phi) is 3.82. The zero-order valence-corrected chi connectivity index (χ0v) is 10.0. The van der Waals surface area contributed by atoms with Crippen molar-refractivity contribution in [3.05, 3.63) is 35.9 Å². The fourth-order valence-electron chi connectivity index (χ4n) is 1.77. The van der Waals surface area contributed by atoms with E-state index in [0.29, 0.717) is 6.54 Å². The number of carboxylic acid groups (broad SMARTS) is 1. The molecule has 0 spiro atoms. The molecule has 0 aromatic heterocycles. The van der Waals surface area contributed by atoms with Crippen molar-refractivity contribution in [2.45, 2.75) is 25.4 Å². The van der Waals surface area contributed by atoms with Crippen LogP contribution < -0.4 is 5.32 Å². The van der Waals surface area contributed by atoms with Gasteiger partial charge in [0.1, 0.15) is 6.54 Å². The Bertz CT molecular complexity index is 429. The minimum Gasteiger partial charge on any atom is -0.480 e. The molecule has 0 saturated heterocycles. The first-order valence-electron chi connectivity index (χ1n) is 5.97. The van der Waals surface area contributed by atoms with E-state index in [1.165, 1.54) is 4.90 Å². The second kappa shape index (κ2) is 5.53. The first-order valence-corrected chi connectivity index (χ1v) is 5.97. The van der Waals surface area contributed by atoms with Crippen LogP contribution in [-0.2, 0) is 11.3 Å². The van der Waals surface area contributed by atoms with Gasteiger partial charge in [0.25, 0.3) is 0 Å². The van der Waals surface area contributed by atoms with Gasteiger partial charge in [0.15, 0.2) is 0 Å². The van der Waals surface area contributed by atoms with Gasteiger partial charge in [0, 0.05) is 12.6 Å². The average molecular weight is 248 g/mol. The van der Waals surface area contributed by atoms with Crippen LogP contribution in [0.2, 0.25) is 0 Å². The molecule has 2 N–H and O–H groups in total. The molecule has 5 nitrogen and oxygen atoms in total. The Balaban J connectivity index is 1.87. The second-order valence-electron chi connectivity index (χ2n) is 4.40. The van der Waals surface area contributed by atoms with Crippen LogP contribution in [0.25, 0.3) is 0 Å². The third-order valence-electron chi connectivity index (χ3n) is 2.84. The van der Waals surface area contributed by atoms with E-state index in [-0.39, 0.29) is 18.6 Å². The number of carbonyl (C=O) groups is 2. The summed E-state index contributed by atoms with van der Waals surface area (Å²) in [6.07, 6.45) is 1.79. The summed E-state index contributed by atoms with van der Waals surface area (Å²) in [5, 5.41) is 11.5. The molecule has 0 unspecified atom stereocenters. The summed E-state index contributed by atoms with van der Waals surface area (Å²) in [4.78, 5) is 24.0. The van der Waals surface area contributed by atoms with Crippen molar-refractivity contribution in [3.8, 4) is 0 Å². The van der Waals surface area contributed by atoms with Gasteiger partial charge in [-0.2, -0.15) is 0 Å². The predicted octanol–water partition coefficient (Wildman–Crippen LogP) is 1.45. The van der Waals surface area contributed by atoms with Gasteiger partial charge in [-0.05, 0) is 18.4 Å². The molecule has 0 heterocycles. The Morgan fingerprint density at radius 2 is 1.94 bits per heavy atom. The molecule has 18 heavy (non-hydrogen) atoms. The van der Waals surface area contributed by atoms with E-state index in [9.17, 15) is 9.59 Å². The lowest BCUT2D eigenvalue weighted by atomic mass is 10.2. The van der Waals surface area contributed by atoms with Crippen LogP contribution in [0.5, 0.6) is 0 Å². The zero-order chi connectivity index (χ0) is 13.0. The minimum atomic E-state index is -0.975. The summed E-state index contributed by atoms with van der Waals surface area (Å²) >= 11 is 0. The van der Waals surface area contributed by atoms with E-state index in [1.54, 1.807) is 0 Å². The monoisotopic (exact) mass is 248 g/mol. The molecule has 0 aliphatic heterocycles. The first kappa shape index (κ1) is 12.4. The lowest BCUT2D eigenvalue weighted by Gasteiger charge is -2.20. The fraction of sp³-hybridized carbons (Fsp3) is 0.385. The SMILES string of the molecule is O=C(O)CN(C(=O)NCc1ccccc1)C1CC1. The maximum Gasteiger partial charge on any atom is 0.323 e. The second-order valence-corrected chi connectivity index (χ2v) is 4.40. The van der Waals surface area contributed by atoms with E-state index < -0.39 is 5.97 Å². The van der Waals surface area contributed by atoms with Gasteiger partial charge in [-0.15, -0.1) is 0 Å². The number of amides is 2. The highest BCUT2D eigenvalue weighted by Gasteiger charge is 2.33. The normalized spacial score (nSPS) is 14.0. The maximum absolute atomic E-state index is 11.9. The minimum absolute atomic E-state index is 0.0943. The number of nitrogens with one attached hydrogen (secondary N) is 1. The van der Waals surface area contributed by atoms with Crippen LogP contribution in [0.15, 0.2) is 30.3 Å².